The fraction of sp³-hybridized carbons (Fsp3) is 0.263. The molecule has 1 heterocycles. The van der Waals surface area contributed by atoms with Crippen molar-refractivity contribution in [2.75, 3.05) is 6.61 Å². The molecular weight excluding hydrogens is 302 g/mol. The average Bonchev–Trinajstić information content (AvgIpc) is 3.10. The molecule has 124 valence electrons. The zero-order chi connectivity index (χ0) is 17.0. The highest BCUT2D eigenvalue weighted by molar-refractivity contribution is 5.58. The molecule has 24 heavy (non-hydrogen) atoms. The number of aryl methyl sites for hydroxylation is 1. The lowest BCUT2D eigenvalue weighted by molar-refractivity contribution is 0.168. The monoisotopic (exact) mass is 323 g/mol. The Bertz CT molecular complexity index is 801. The number of nitrogens with one attached hydrogen (secondary N) is 1. The molecule has 3 aromatic rings. The van der Waals surface area contributed by atoms with Crippen molar-refractivity contribution in [2.24, 2.45) is 0 Å². The third-order valence-electron chi connectivity index (χ3n) is 4.21. The van der Waals surface area contributed by atoms with Crippen molar-refractivity contribution < 1.29 is 9.63 Å². The predicted octanol–water partition coefficient (Wildman–Crippen LogP) is 3.04. The quantitative estimate of drug-likeness (QED) is 0.729. The summed E-state index contributed by atoms with van der Waals surface area (Å²) >= 11 is 0. The second kappa shape index (κ2) is 6.95. The maximum Gasteiger partial charge on any atom is 0.240 e. The van der Waals surface area contributed by atoms with E-state index in [4.69, 9.17) is 4.52 Å². The number of aliphatic hydroxyl groups excluding tert-OH is 1. The number of aliphatic hydroxyl groups is 1. The number of hydrogen-bond donors (Lipinski definition) is 2. The molecule has 0 saturated carbocycles. The van der Waals surface area contributed by atoms with Crippen LogP contribution in [0.5, 0.6) is 0 Å². The Morgan fingerprint density at radius 3 is 2.50 bits per heavy atom. The van der Waals surface area contributed by atoms with Crippen LogP contribution in [-0.4, -0.2) is 21.9 Å². The molecule has 0 radical (unpaired) electrons. The summed E-state index contributed by atoms with van der Waals surface area (Å²) in [5.41, 5.74) is 2.49. The van der Waals surface area contributed by atoms with Gasteiger partial charge in [0.2, 0.25) is 11.7 Å². The van der Waals surface area contributed by atoms with Crippen LogP contribution >= 0.6 is 0 Å². The summed E-state index contributed by atoms with van der Waals surface area (Å²) < 4.78 is 5.34. The molecule has 0 unspecified atom stereocenters. The molecule has 0 aliphatic rings. The Hall–Kier alpha value is -2.50. The van der Waals surface area contributed by atoms with Crippen LogP contribution in [0.1, 0.15) is 23.9 Å². The van der Waals surface area contributed by atoms with Gasteiger partial charge < -0.3 is 9.63 Å². The van der Waals surface area contributed by atoms with Gasteiger partial charge in [0.05, 0.1) is 18.7 Å². The molecule has 2 aromatic carbocycles. The van der Waals surface area contributed by atoms with E-state index in [1.807, 2.05) is 68.4 Å². The fourth-order valence-electron chi connectivity index (χ4n) is 2.59. The van der Waals surface area contributed by atoms with Gasteiger partial charge in [-0.15, -0.1) is 0 Å². The zero-order valence-corrected chi connectivity index (χ0v) is 13.9. The van der Waals surface area contributed by atoms with Gasteiger partial charge in [0.1, 0.15) is 0 Å². The summed E-state index contributed by atoms with van der Waals surface area (Å²) in [5, 5.41) is 17.2. The Labute approximate surface area is 141 Å². The van der Waals surface area contributed by atoms with E-state index in [1.165, 1.54) is 0 Å². The minimum absolute atomic E-state index is 0.0319. The summed E-state index contributed by atoms with van der Waals surface area (Å²) in [6.45, 7) is 4.31. The highest BCUT2D eigenvalue weighted by Gasteiger charge is 2.25. The molecule has 0 spiro atoms. The van der Waals surface area contributed by atoms with Gasteiger partial charge in [-0.1, -0.05) is 59.8 Å². The van der Waals surface area contributed by atoms with Crippen molar-refractivity contribution in [1.82, 2.24) is 15.5 Å². The molecule has 1 atom stereocenters. The summed E-state index contributed by atoms with van der Waals surface area (Å²) in [6, 6.07) is 17.7. The first kappa shape index (κ1) is 16.4. The minimum Gasteiger partial charge on any atom is -0.394 e. The van der Waals surface area contributed by atoms with Crippen molar-refractivity contribution in [3.05, 3.63) is 71.6 Å². The van der Waals surface area contributed by atoms with Gasteiger partial charge in [-0.3, -0.25) is 5.32 Å². The van der Waals surface area contributed by atoms with Crippen LogP contribution in [0.4, 0.5) is 0 Å². The first-order chi connectivity index (χ1) is 11.6. The molecule has 0 saturated heterocycles. The Morgan fingerprint density at radius 2 is 1.79 bits per heavy atom. The predicted molar refractivity (Wildman–Crippen MR) is 92.2 cm³/mol. The molecule has 0 fully saturated rings. The van der Waals surface area contributed by atoms with E-state index in [-0.39, 0.29) is 6.61 Å². The standard InChI is InChI=1S/C19H21N3O2/c1-14-8-6-7-11-16(14)18-21-17(24-22-18)12-20-19(2,13-23)15-9-4-3-5-10-15/h3-11,20,23H,12-13H2,1-2H3/t19-/m1/s1. The van der Waals surface area contributed by atoms with E-state index in [1.54, 1.807) is 0 Å². The SMILES string of the molecule is Cc1ccccc1-c1noc(CN[C@](C)(CO)c2ccccc2)n1. The second-order valence-electron chi connectivity index (χ2n) is 6.04. The van der Waals surface area contributed by atoms with Crippen LogP contribution in [-0.2, 0) is 12.1 Å². The average molecular weight is 323 g/mol. The number of hydrogen-bond acceptors (Lipinski definition) is 5. The van der Waals surface area contributed by atoms with Gasteiger partial charge in [0.15, 0.2) is 0 Å². The molecule has 0 amide bonds. The molecule has 0 aliphatic heterocycles. The van der Waals surface area contributed by atoms with Crippen LogP contribution in [0.3, 0.4) is 0 Å². The van der Waals surface area contributed by atoms with Crippen LogP contribution in [0, 0.1) is 6.92 Å². The van der Waals surface area contributed by atoms with Crippen LogP contribution < -0.4 is 5.32 Å². The molecule has 2 N–H and O–H groups in total. The van der Waals surface area contributed by atoms with E-state index in [9.17, 15) is 5.11 Å². The first-order valence-electron chi connectivity index (χ1n) is 7.92. The number of rotatable bonds is 6. The van der Waals surface area contributed by atoms with E-state index < -0.39 is 5.54 Å². The van der Waals surface area contributed by atoms with Gasteiger partial charge in [-0.2, -0.15) is 4.98 Å². The lowest BCUT2D eigenvalue weighted by Gasteiger charge is -2.28. The third-order valence-corrected chi connectivity index (χ3v) is 4.21. The molecule has 0 aliphatic carbocycles. The van der Waals surface area contributed by atoms with E-state index in [0.717, 1.165) is 16.7 Å². The third kappa shape index (κ3) is 3.37. The van der Waals surface area contributed by atoms with Gasteiger partial charge in [-0.25, -0.2) is 0 Å². The van der Waals surface area contributed by atoms with Gasteiger partial charge in [0, 0.05) is 5.56 Å². The normalized spacial score (nSPS) is 13.6. The summed E-state index contributed by atoms with van der Waals surface area (Å²) in [5.74, 6) is 1.07. The van der Waals surface area contributed by atoms with Gasteiger partial charge in [0.25, 0.3) is 0 Å². The van der Waals surface area contributed by atoms with Gasteiger partial charge in [-0.05, 0) is 25.0 Å². The van der Waals surface area contributed by atoms with Crippen LogP contribution in [0.2, 0.25) is 0 Å². The summed E-state index contributed by atoms with van der Waals surface area (Å²) in [4.78, 5) is 4.45. The van der Waals surface area contributed by atoms with Crippen molar-refractivity contribution in [3.8, 4) is 11.4 Å². The Morgan fingerprint density at radius 1 is 1.08 bits per heavy atom. The maximum absolute atomic E-state index is 9.81. The minimum atomic E-state index is -0.571. The van der Waals surface area contributed by atoms with Crippen LogP contribution in [0.15, 0.2) is 59.1 Å². The van der Waals surface area contributed by atoms with Gasteiger partial charge >= 0.3 is 0 Å². The summed E-state index contributed by atoms with van der Waals surface area (Å²) in [7, 11) is 0. The highest BCUT2D eigenvalue weighted by atomic mass is 16.5. The van der Waals surface area contributed by atoms with Crippen molar-refractivity contribution >= 4 is 0 Å². The fourth-order valence-corrected chi connectivity index (χ4v) is 2.59. The Balaban J connectivity index is 1.74. The Kier molecular flexibility index (Phi) is 4.74. The van der Waals surface area contributed by atoms with Crippen molar-refractivity contribution in [2.45, 2.75) is 25.9 Å². The van der Waals surface area contributed by atoms with E-state index in [0.29, 0.717) is 18.3 Å². The topological polar surface area (TPSA) is 71.2 Å². The lowest BCUT2D eigenvalue weighted by Crippen LogP contribution is -2.42. The van der Waals surface area contributed by atoms with E-state index >= 15 is 0 Å². The molecule has 0 bridgehead atoms. The molecule has 1 aromatic heterocycles. The van der Waals surface area contributed by atoms with Crippen LogP contribution in [0.25, 0.3) is 11.4 Å². The largest absolute Gasteiger partial charge is 0.394 e. The van der Waals surface area contributed by atoms with Crippen molar-refractivity contribution in [1.29, 1.82) is 0 Å². The highest BCUT2D eigenvalue weighted by Crippen LogP contribution is 2.22. The number of benzene rings is 2. The smallest absolute Gasteiger partial charge is 0.240 e. The summed E-state index contributed by atoms with van der Waals surface area (Å²) in [6.07, 6.45) is 0. The lowest BCUT2D eigenvalue weighted by atomic mass is 9.93. The molecule has 5 heteroatoms. The maximum atomic E-state index is 9.81. The van der Waals surface area contributed by atoms with Crippen molar-refractivity contribution in [3.63, 3.8) is 0 Å². The number of aromatic nitrogens is 2. The van der Waals surface area contributed by atoms with E-state index in [2.05, 4.69) is 15.5 Å². The first-order valence-corrected chi connectivity index (χ1v) is 7.92. The molecule has 5 nitrogen and oxygen atoms in total. The second-order valence-corrected chi connectivity index (χ2v) is 6.04. The molecular formula is C19H21N3O2. The molecule has 3 rings (SSSR count). The zero-order valence-electron chi connectivity index (χ0n) is 13.9. The number of nitrogens with zero attached hydrogens (tertiary/aromatic N) is 2.